The highest BCUT2D eigenvalue weighted by Crippen LogP contribution is 2.29. The second-order valence-electron chi connectivity index (χ2n) is 3.75. The molecule has 102 valence electrons. The van der Waals surface area contributed by atoms with Crippen LogP contribution < -0.4 is 10.1 Å². The molecule has 1 aromatic rings. The van der Waals surface area contributed by atoms with E-state index in [4.69, 9.17) is 4.74 Å². The fourth-order valence-corrected chi connectivity index (χ4v) is 1.92. The van der Waals surface area contributed by atoms with E-state index in [0.29, 0.717) is 6.54 Å². The van der Waals surface area contributed by atoms with Gasteiger partial charge in [-0.3, -0.25) is 0 Å². The Morgan fingerprint density at radius 3 is 2.72 bits per heavy atom. The van der Waals surface area contributed by atoms with Crippen molar-refractivity contribution in [2.75, 3.05) is 19.4 Å². The van der Waals surface area contributed by atoms with Gasteiger partial charge in [0.2, 0.25) is 0 Å². The number of hydrogen-bond acceptors (Lipinski definition) is 3. The Hall–Kier alpha value is -0.880. The predicted octanol–water partition coefficient (Wildman–Crippen LogP) is 3.60. The van der Waals surface area contributed by atoms with Gasteiger partial charge in [0.1, 0.15) is 5.75 Å². The minimum absolute atomic E-state index is 0.00562. The first-order valence-electron chi connectivity index (χ1n) is 5.50. The molecule has 18 heavy (non-hydrogen) atoms. The molecule has 0 aliphatic rings. The number of thioether (sulfide) groups is 1. The average molecular weight is 279 g/mol. The molecular weight excluding hydrogens is 263 g/mol. The molecule has 0 saturated heterocycles. The third-order valence-electron chi connectivity index (χ3n) is 2.41. The third-order valence-corrected chi connectivity index (χ3v) is 3.15. The highest BCUT2D eigenvalue weighted by molar-refractivity contribution is 8.00. The molecule has 0 fully saturated rings. The van der Waals surface area contributed by atoms with E-state index in [0.717, 1.165) is 11.3 Å². The van der Waals surface area contributed by atoms with E-state index in [-0.39, 0.29) is 23.6 Å². The van der Waals surface area contributed by atoms with E-state index in [1.54, 1.807) is 7.11 Å². The lowest BCUT2D eigenvalue weighted by molar-refractivity contribution is -0.0327. The summed E-state index contributed by atoms with van der Waals surface area (Å²) in [6.45, 7) is 2.22. The van der Waals surface area contributed by atoms with Gasteiger partial charge in [-0.25, -0.2) is 0 Å². The van der Waals surface area contributed by atoms with Gasteiger partial charge in [0.25, 0.3) is 0 Å². The van der Waals surface area contributed by atoms with Crippen molar-refractivity contribution in [2.45, 2.75) is 18.5 Å². The van der Waals surface area contributed by atoms with Crippen LogP contribution >= 0.6 is 11.8 Å². The van der Waals surface area contributed by atoms with Crippen LogP contribution in [-0.4, -0.2) is 24.9 Å². The van der Waals surface area contributed by atoms with Crippen molar-refractivity contribution in [3.63, 3.8) is 0 Å². The van der Waals surface area contributed by atoms with E-state index >= 15 is 0 Å². The largest absolute Gasteiger partial charge is 0.497 e. The highest BCUT2D eigenvalue weighted by Gasteiger charge is 2.27. The number of rotatable bonds is 6. The maximum absolute atomic E-state index is 11.9. The fourth-order valence-electron chi connectivity index (χ4n) is 1.47. The van der Waals surface area contributed by atoms with Crippen molar-refractivity contribution in [2.24, 2.45) is 0 Å². The monoisotopic (exact) mass is 279 g/mol. The molecule has 0 aromatic heterocycles. The molecule has 1 rings (SSSR count). The van der Waals surface area contributed by atoms with Crippen molar-refractivity contribution in [3.8, 4) is 5.75 Å². The number of ether oxygens (including phenoxy) is 1. The number of nitrogens with one attached hydrogen (secondary N) is 1. The molecule has 0 saturated carbocycles. The molecule has 6 heteroatoms. The lowest BCUT2D eigenvalue weighted by Crippen LogP contribution is -2.22. The first-order valence-corrected chi connectivity index (χ1v) is 6.49. The van der Waals surface area contributed by atoms with E-state index in [2.05, 4.69) is 5.32 Å². The zero-order chi connectivity index (χ0) is 13.6. The second-order valence-corrected chi connectivity index (χ2v) is 4.91. The predicted molar refractivity (Wildman–Crippen MR) is 67.9 cm³/mol. The normalized spacial score (nSPS) is 13.4. The Labute approximate surface area is 109 Å². The van der Waals surface area contributed by atoms with E-state index < -0.39 is 5.51 Å². The summed E-state index contributed by atoms with van der Waals surface area (Å²) in [4.78, 5) is 0. The van der Waals surface area contributed by atoms with Crippen LogP contribution in [0.1, 0.15) is 18.5 Å². The summed E-state index contributed by atoms with van der Waals surface area (Å²) in [7, 11) is 1.58. The summed E-state index contributed by atoms with van der Waals surface area (Å²) >= 11 is -0.00879. The molecule has 1 atom stereocenters. The summed E-state index contributed by atoms with van der Waals surface area (Å²) in [6, 6.07) is 7.46. The summed E-state index contributed by atoms with van der Waals surface area (Å²) < 4.78 is 40.9. The van der Waals surface area contributed by atoms with E-state index in [9.17, 15) is 13.2 Å². The molecular formula is C12H16F3NOS. The number of benzene rings is 1. The molecule has 0 amide bonds. The molecule has 0 spiro atoms. The van der Waals surface area contributed by atoms with E-state index in [1.165, 1.54) is 0 Å². The molecule has 0 heterocycles. The Morgan fingerprint density at radius 1 is 1.39 bits per heavy atom. The van der Waals surface area contributed by atoms with Gasteiger partial charge >= 0.3 is 5.51 Å². The van der Waals surface area contributed by atoms with Gasteiger partial charge in [0.05, 0.1) is 7.11 Å². The van der Waals surface area contributed by atoms with Crippen LogP contribution in [0.4, 0.5) is 13.2 Å². The zero-order valence-corrected chi connectivity index (χ0v) is 11.1. The van der Waals surface area contributed by atoms with Crippen LogP contribution in [0.15, 0.2) is 24.3 Å². The van der Waals surface area contributed by atoms with Gasteiger partial charge in [-0.15, -0.1) is 0 Å². The SMILES string of the molecule is COc1cccc([C@@H](C)NCCSC(F)(F)F)c1. The molecule has 0 aliphatic heterocycles. The molecule has 0 radical (unpaired) electrons. The lowest BCUT2D eigenvalue weighted by atomic mass is 10.1. The van der Waals surface area contributed by atoms with Crippen molar-refractivity contribution in [1.29, 1.82) is 0 Å². The summed E-state index contributed by atoms with van der Waals surface area (Å²) in [5, 5.41) is 3.05. The van der Waals surface area contributed by atoms with Gasteiger partial charge in [-0.05, 0) is 36.4 Å². The molecule has 0 aliphatic carbocycles. The summed E-state index contributed by atoms with van der Waals surface area (Å²) in [5.41, 5.74) is -3.16. The minimum Gasteiger partial charge on any atom is -0.497 e. The van der Waals surface area contributed by atoms with Crippen LogP contribution in [0, 0.1) is 0 Å². The smallest absolute Gasteiger partial charge is 0.441 e. The van der Waals surface area contributed by atoms with Gasteiger partial charge in [0.15, 0.2) is 0 Å². The van der Waals surface area contributed by atoms with Crippen molar-refractivity contribution < 1.29 is 17.9 Å². The first kappa shape index (κ1) is 15.2. The highest BCUT2D eigenvalue weighted by atomic mass is 32.2. The summed E-state index contributed by atoms with van der Waals surface area (Å²) in [5.74, 6) is 0.753. The molecule has 1 N–H and O–H groups in total. The standard InChI is InChI=1S/C12H16F3NOS/c1-9(16-6-7-18-12(13,14)15)10-4-3-5-11(8-10)17-2/h3-5,8-9,16H,6-7H2,1-2H3/t9-/m1/s1. The fraction of sp³-hybridized carbons (Fsp3) is 0.500. The maximum Gasteiger partial charge on any atom is 0.441 e. The quantitative estimate of drug-likeness (QED) is 0.804. The van der Waals surface area contributed by atoms with Crippen molar-refractivity contribution in [1.82, 2.24) is 5.32 Å². The number of halogens is 3. The Balaban J connectivity index is 2.38. The second kappa shape index (κ2) is 6.89. The average Bonchev–Trinajstić information content (AvgIpc) is 2.33. The third kappa shape index (κ3) is 5.64. The maximum atomic E-state index is 11.9. The summed E-state index contributed by atoms with van der Waals surface area (Å²) in [6.07, 6.45) is 0. The van der Waals surface area contributed by atoms with Crippen LogP contribution in [0.2, 0.25) is 0 Å². The zero-order valence-electron chi connectivity index (χ0n) is 10.3. The van der Waals surface area contributed by atoms with Crippen LogP contribution in [0.25, 0.3) is 0 Å². The number of methoxy groups -OCH3 is 1. The van der Waals surface area contributed by atoms with Gasteiger partial charge in [0, 0.05) is 18.3 Å². The van der Waals surface area contributed by atoms with Gasteiger partial charge < -0.3 is 10.1 Å². The Kier molecular flexibility index (Phi) is 5.81. The van der Waals surface area contributed by atoms with Gasteiger partial charge in [-0.1, -0.05) is 12.1 Å². The Bertz CT molecular complexity index is 371. The van der Waals surface area contributed by atoms with Crippen LogP contribution in [0.5, 0.6) is 5.75 Å². The van der Waals surface area contributed by atoms with Gasteiger partial charge in [-0.2, -0.15) is 13.2 Å². The molecule has 2 nitrogen and oxygen atoms in total. The first-order chi connectivity index (χ1) is 8.42. The van der Waals surface area contributed by atoms with Crippen molar-refractivity contribution >= 4 is 11.8 Å². The Morgan fingerprint density at radius 2 is 2.11 bits per heavy atom. The van der Waals surface area contributed by atoms with Crippen LogP contribution in [0.3, 0.4) is 0 Å². The molecule has 0 bridgehead atoms. The number of alkyl halides is 3. The van der Waals surface area contributed by atoms with Crippen LogP contribution in [-0.2, 0) is 0 Å². The van der Waals surface area contributed by atoms with Crippen molar-refractivity contribution in [3.05, 3.63) is 29.8 Å². The lowest BCUT2D eigenvalue weighted by Gasteiger charge is -2.15. The topological polar surface area (TPSA) is 21.3 Å². The molecule has 0 unspecified atom stereocenters. The van der Waals surface area contributed by atoms with E-state index in [1.807, 2.05) is 31.2 Å². The molecule has 1 aromatic carbocycles. The number of hydrogen-bond donors (Lipinski definition) is 1. The minimum atomic E-state index is -4.15.